The van der Waals surface area contributed by atoms with Gasteiger partial charge in [-0.15, -0.1) is 0 Å². The van der Waals surface area contributed by atoms with Gasteiger partial charge in [-0.05, 0) is 31.9 Å². The Balaban J connectivity index is 2.10. The van der Waals surface area contributed by atoms with Crippen LogP contribution < -0.4 is 11.1 Å². The molecule has 4 heteroatoms. The summed E-state index contributed by atoms with van der Waals surface area (Å²) in [6.45, 7) is 6.32. The molecular weight excluding hydrogens is 238 g/mol. The van der Waals surface area contributed by atoms with Crippen LogP contribution in [0.15, 0.2) is 24.4 Å². The Bertz CT molecular complexity index is 593. The van der Waals surface area contributed by atoms with Gasteiger partial charge in [0.1, 0.15) is 0 Å². The van der Waals surface area contributed by atoms with E-state index >= 15 is 0 Å². The van der Waals surface area contributed by atoms with Crippen molar-refractivity contribution in [3.63, 3.8) is 0 Å². The molecule has 0 radical (unpaired) electrons. The summed E-state index contributed by atoms with van der Waals surface area (Å²) in [5, 5.41) is 3.98. The van der Waals surface area contributed by atoms with Crippen LogP contribution in [0.1, 0.15) is 25.0 Å². The van der Waals surface area contributed by atoms with Crippen molar-refractivity contribution in [3.8, 4) is 0 Å². The van der Waals surface area contributed by atoms with E-state index in [4.69, 9.17) is 5.73 Å². The standard InChI is InChI=1S/C15H21N3O/c1-10-5-4-6-12-11(8-17-14(10)12)7-13(19)18-9-15(2,3)16/h4-6,8,17H,7,9,16H2,1-3H3,(H,18,19). The fourth-order valence-corrected chi connectivity index (χ4v) is 2.07. The lowest BCUT2D eigenvalue weighted by Crippen LogP contribution is -2.45. The van der Waals surface area contributed by atoms with Crippen LogP contribution in [0.5, 0.6) is 0 Å². The maximum atomic E-state index is 11.9. The summed E-state index contributed by atoms with van der Waals surface area (Å²) in [5.41, 5.74) is 8.77. The van der Waals surface area contributed by atoms with Crippen LogP contribution in [0.25, 0.3) is 10.9 Å². The molecule has 1 heterocycles. The Morgan fingerprint density at radius 2 is 2.16 bits per heavy atom. The van der Waals surface area contributed by atoms with Gasteiger partial charge in [-0.2, -0.15) is 0 Å². The molecule has 0 saturated carbocycles. The molecule has 0 unspecified atom stereocenters. The second kappa shape index (κ2) is 5.05. The Labute approximate surface area is 113 Å². The molecule has 1 aromatic carbocycles. The number of nitrogens with two attached hydrogens (primary N) is 1. The zero-order valence-corrected chi connectivity index (χ0v) is 11.7. The molecule has 0 saturated heterocycles. The van der Waals surface area contributed by atoms with Gasteiger partial charge in [-0.3, -0.25) is 4.79 Å². The number of para-hydroxylation sites is 1. The average molecular weight is 259 g/mol. The summed E-state index contributed by atoms with van der Waals surface area (Å²) < 4.78 is 0. The number of aromatic amines is 1. The van der Waals surface area contributed by atoms with Crippen molar-refractivity contribution >= 4 is 16.8 Å². The minimum atomic E-state index is -0.382. The number of carbonyl (C=O) groups excluding carboxylic acids is 1. The summed E-state index contributed by atoms with van der Waals surface area (Å²) in [5.74, 6) is 0.000862. The third-order valence-electron chi connectivity index (χ3n) is 3.10. The Morgan fingerprint density at radius 3 is 2.84 bits per heavy atom. The molecule has 0 aliphatic heterocycles. The van der Waals surface area contributed by atoms with Gasteiger partial charge in [0.05, 0.1) is 6.42 Å². The van der Waals surface area contributed by atoms with Gasteiger partial charge in [0, 0.05) is 29.2 Å². The average Bonchev–Trinajstić information content (AvgIpc) is 2.71. The van der Waals surface area contributed by atoms with Crippen LogP contribution in [-0.2, 0) is 11.2 Å². The predicted molar refractivity (Wildman–Crippen MR) is 78.0 cm³/mol. The quantitative estimate of drug-likeness (QED) is 0.784. The summed E-state index contributed by atoms with van der Waals surface area (Å²) in [6.07, 6.45) is 2.28. The molecule has 19 heavy (non-hydrogen) atoms. The van der Waals surface area contributed by atoms with E-state index in [0.717, 1.165) is 16.5 Å². The second-order valence-electron chi connectivity index (χ2n) is 5.75. The molecule has 0 fully saturated rings. The van der Waals surface area contributed by atoms with Crippen molar-refractivity contribution in [2.75, 3.05) is 6.54 Å². The van der Waals surface area contributed by atoms with Gasteiger partial charge in [-0.1, -0.05) is 18.2 Å². The minimum Gasteiger partial charge on any atom is -0.361 e. The Kier molecular flexibility index (Phi) is 3.62. The predicted octanol–water partition coefficient (Wildman–Crippen LogP) is 1.87. The van der Waals surface area contributed by atoms with E-state index in [1.54, 1.807) is 0 Å². The van der Waals surface area contributed by atoms with E-state index in [0.29, 0.717) is 13.0 Å². The van der Waals surface area contributed by atoms with Crippen LogP contribution in [0.4, 0.5) is 0 Å². The number of rotatable bonds is 4. The van der Waals surface area contributed by atoms with E-state index in [9.17, 15) is 4.79 Å². The molecule has 0 atom stereocenters. The molecule has 0 spiro atoms. The summed E-state index contributed by atoms with van der Waals surface area (Å²) in [6, 6.07) is 6.10. The number of H-pyrrole nitrogens is 1. The third kappa shape index (κ3) is 3.35. The molecule has 2 aromatic rings. The highest BCUT2D eigenvalue weighted by Crippen LogP contribution is 2.21. The molecule has 4 nitrogen and oxygen atoms in total. The first-order valence-electron chi connectivity index (χ1n) is 6.48. The SMILES string of the molecule is Cc1cccc2c(CC(=O)NCC(C)(C)N)c[nH]c12. The lowest BCUT2D eigenvalue weighted by Gasteiger charge is -2.18. The summed E-state index contributed by atoms with van der Waals surface area (Å²) >= 11 is 0. The molecule has 4 N–H and O–H groups in total. The smallest absolute Gasteiger partial charge is 0.224 e. The molecule has 0 aliphatic carbocycles. The maximum Gasteiger partial charge on any atom is 0.224 e. The van der Waals surface area contributed by atoms with Crippen LogP contribution in [0.3, 0.4) is 0 Å². The van der Waals surface area contributed by atoms with E-state index in [1.807, 2.05) is 32.2 Å². The van der Waals surface area contributed by atoms with Gasteiger partial charge >= 0.3 is 0 Å². The molecule has 102 valence electrons. The number of amides is 1. The van der Waals surface area contributed by atoms with Crippen molar-refractivity contribution in [2.24, 2.45) is 5.73 Å². The fourth-order valence-electron chi connectivity index (χ4n) is 2.07. The molecule has 2 rings (SSSR count). The van der Waals surface area contributed by atoms with Crippen LogP contribution in [0.2, 0.25) is 0 Å². The zero-order chi connectivity index (χ0) is 14.0. The van der Waals surface area contributed by atoms with Crippen LogP contribution >= 0.6 is 0 Å². The van der Waals surface area contributed by atoms with Crippen molar-refractivity contribution in [2.45, 2.75) is 32.7 Å². The van der Waals surface area contributed by atoms with Crippen molar-refractivity contribution in [3.05, 3.63) is 35.5 Å². The number of hydrogen-bond donors (Lipinski definition) is 3. The van der Waals surface area contributed by atoms with Crippen molar-refractivity contribution in [1.82, 2.24) is 10.3 Å². The van der Waals surface area contributed by atoms with Crippen molar-refractivity contribution in [1.29, 1.82) is 0 Å². The lowest BCUT2D eigenvalue weighted by atomic mass is 10.1. The molecule has 0 bridgehead atoms. The first-order valence-corrected chi connectivity index (χ1v) is 6.48. The van der Waals surface area contributed by atoms with E-state index in [2.05, 4.69) is 23.3 Å². The first-order chi connectivity index (χ1) is 8.87. The van der Waals surface area contributed by atoms with Gasteiger partial charge in [-0.25, -0.2) is 0 Å². The highest BCUT2D eigenvalue weighted by atomic mass is 16.1. The monoisotopic (exact) mass is 259 g/mol. The largest absolute Gasteiger partial charge is 0.361 e. The Morgan fingerprint density at radius 1 is 1.42 bits per heavy atom. The molecule has 1 aromatic heterocycles. The fraction of sp³-hybridized carbons (Fsp3) is 0.400. The minimum absolute atomic E-state index is 0.000862. The maximum absolute atomic E-state index is 11.9. The third-order valence-corrected chi connectivity index (χ3v) is 3.10. The van der Waals surface area contributed by atoms with E-state index in [1.165, 1.54) is 5.56 Å². The number of aromatic nitrogens is 1. The normalized spacial score (nSPS) is 11.8. The zero-order valence-electron chi connectivity index (χ0n) is 11.7. The summed E-state index contributed by atoms with van der Waals surface area (Å²) in [7, 11) is 0. The number of benzene rings is 1. The van der Waals surface area contributed by atoms with Gasteiger partial charge in [0.2, 0.25) is 5.91 Å². The van der Waals surface area contributed by atoms with Gasteiger partial charge in [0.15, 0.2) is 0 Å². The van der Waals surface area contributed by atoms with Gasteiger partial charge in [0.25, 0.3) is 0 Å². The number of carbonyl (C=O) groups is 1. The van der Waals surface area contributed by atoms with Gasteiger partial charge < -0.3 is 16.0 Å². The van der Waals surface area contributed by atoms with E-state index < -0.39 is 0 Å². The first kappa shape index (κ1) is 13.6. The Hall–Kier alpha value is -1.81. The second-order valence-corrected chi connectivity index (χ2v) is 5.75. The highest BCUT2D eigenvalue weighted by Gasteiger charge is 2.14. The number of fused-ring (bicyclic) bond motifs is 1. The van der Waals surface area contributed by atoms with Crippen LogP contribution in [-0.4, -0.2) is 23.0 Å². The highest BCUT2D eigenvalue weighted by molar-refractivity contribution is 5.90. The van der Waals surface area contributed by atoms with E-state index in [-0.39, 0.29) is 11.4 Å². The molecular formula is C15H21N3O. The number of aryl methyl sites for hydroxylation is 1. The number of hydrogen-bond acceptors (Lipinski definition) is 2. The molecule has 0 aliphatic rings. The number of nitrogens with one attached hydrogen (secondary N) is 2. The topological polar surface area (TPSA) is 70.9 Å². The summed E-state index contributed by atoms with van der Waals surface area (Å²) in [4.78, 5) is 15.1. The molecule has 1 amide bonds. The lowest BCUT2D eigenvalue weighted by molar-refractivity contribution is -0.120. The van der Waals surface area contributed by atoms with Crippen LogP contribution in [0, 0.1) is 6.92 Å². The van der Waals surface area contributed by atoms with Crippen molar-refractivity contribution < 1.29 is 4.79 Å².